The Balaban J connectivity index is 1.60. The highest BCUT2D eigenvalue weighted by Crippen LogP contribution is 2.39. The van der Waals surface area contributed by atoms with E-state index in [2.05, 4.69) is 11.2 Å². The van der Waals surface area contributed by atoms with E-state index < -0.39 is 0 Å². The zero-order valence-corrected chi connectivity index (χ0v) is 12.5. The third-order valence-corrected chi connectivity index (χ3v) is 4.45. The second kappa shape index (κ2) is 4.83. The number of hydrogen-bond acceptors (Lipinski definition) is 3. The Labute approximate surface area is 128 Å². The molecule has 2 aliphatic rings. The predicted octanol–water partition coefficient (Wildman–Crippen LogP) is 1.12. The normalized spacial score (nSPS) is 17.4. The fourth-order valence-electron chi connectivity index (χ4n) is 2.97. The number of carbonyl (C=O) groups is 1. The van der Waals surface area contributed by atoms with Gasteiger partial charge in [0, 0.05) is 25.7 Å². The first-order valence-electron chi connectivity index (χ1n) is 7.65. The second-order valence-corrected chi connectivity index (χ2v) is 6.12. The van der Waals surface area contributed by atoms with Crippen LogP contribution in [0.2, 0.25) is 0 Å². The Morgan fingerprint density at radius 1 is 1.32 bits per heavy atom. The van der Waals surface area contributed by atoms with E-state index in [0.29, 0.717) is 25.6 Å². The summed E-state index contributed by atoms with van der Waals surface area (Å²) in [6, 6.07) is 5.44. The number of amides is 1. The summed E-state index contributed by atoms with van der Waals surface area (Å²) in [5, 5.41) is 4.62. The van der Waals surface area contributed by atoms with Crippen LogP contribution in [0.15, 0.2) is 29.2 Å². The van der Waals surface area contributed by atoms with Crippen LogP contribution in [-0.4, -0.2) is 31.7 Å². The topological polar surface area (TPSA) is 60.1 Å². The van der Waals surface area contributed by atoms with Crippen LogP contribution in [0.3, 0.4) is 0 Å². The molecule has 1 fully saturated rings. The Bertz CT molecular complexity index is 801. The molecule has 114 valence electrons. The van der Waals surface area contributed by atoms with Gasteiger partial charge in [-0.2, -0.15) is 5.10 Å². The van der Waals surface area contributed by atoms with Crippen LogP contribution in [-0.2, 0) is 20.1 Å². The zero-order chi connectivity index (χ0) is 15.3. The highest BCUT2D eigenvalue weighted by molar-refractivity contribution is 5.93. The molecule has 22 heavy (non-hydrogen) atoms. The SMILES string of the molecule is Cn1cccc(C(=O)N2CCn3nc(C4CC4)cc3C2)c1=O. The highest BCUT2D eigenvalue weighted by Gasteiger charge is 2.30. The molecule has 1 aliphatic heterocycles. The summed E-state index contributed by atoms with van der Waals surface area (Å²) in [4.78, 5) is 26.5. The summed E-state index contributed by atoms with van der Waals surface area (Å²) < 4.78 is 3.44. The Hall–Kier alpha value is -2.37. The lowest BCUT2D eigenvalue weighted by atomic mass is 10.2. The van der Waals surface area contributed by atoms with Gasteiger partial charge in [-0.05, 0) is 31.0 Å². The number of hydrogen-bond donors (Lipinski definition) is 0. The molecule has 1 saturated carbocycles. The molecular weight excluding hydrogens is 280 g/mol. The molecule has 0 aromatic carbocycles. The van der Waals surface area contributed by atoms with Gasteiger partial charge in [0.15, 0.2) is 0 Å². The molecule has 3 heterocycles. The monoisotopic (exact) mass is 298 g/mol. The van der Waals surface area contributed by atoms with Crippen molar-refractivity contribution in [3.05, 3.63) is 51.7 Å². The van der Waals surface area contributed by atoms with E-state index in [4.69, 9.17) is 0 Å². The average Bonchev–Trinajstić information content (AvgIpc) is 3.28. The van der Waals surface area contributed by atoms with Crippen LogP contribution in [0, 0.1) is 0 Å². The molecular formula is C16H18N4O2. The first-order chi connectivity index (χ1) is 10.6. The van der Waals surface area contributed by atoms with Crippen molar-refractivity contribution in [2.24, 2.45) is 7.05 Å². The molecule has 6 nitrogen and oxygen atoms in total. The van der Waals surface area contributed by atoms with Gasteiger partial charge in [0.25, 0.3) is 11.5 Å². The van der Waals surface area contributed by atoms with Crippen molar-refractivity contribution < 1.29 is 4.79 Å². The molecule has 2 aromatic rings. The van der Waals surface area contributed by atoms with Gasteiger partial charge in [-0.15, -0.1) is 0 Å². The summed E-state index contributed by atoms with van der Waals surface area (Å²) in [6.45, 7) is 1.81. The van der Waals surface area contributed by atoms with Crippen molar-refractivity contribution in [1.82, 2.24) is 19.2 Å². The number of carbonyl (C=O) groups excluding carboxylic acids is 1. The zero-order valence-electron chi connectivity index (χ0n) is 12.5. The van der Waals surface area contributed by atoms with Gasteiger partial charge in [-0.1, -0.05) is 0 Å². The minimum Gasteiger partial charge on any atom is -0.331 e. The summed E-state index contributed by atoms with van der Waals surface area (Å²) in [5.41, 5.74) is 2.21. The van der Waals surface area contributed by atoms with Crippen molar-refractivity contribution in [2.75, 3.05) is 6.54 Å². The van der Waals surface area contributed by atoms with Crippen LogP contribution in [0.4, 0.5) is 0 Å². The number of fused-ring (bicyclic) bond motifs is 1. The van der Waals surface area contributed by atoms with Gasteiger partial charge in [-0.3, -0.25) is 14.3 Å². The van der Waals surface area contributed by atoms with Gasteiger partial charge >= 0.3 is 0 Å². The van der Waals surface area contributed by atoms with Crippen LogP contribution >= 0.6 is 0 Å². The molecule has 0 N–H and O–H groups in total. The van der Waals surface area contributed by atoms with E-state index in [1.165, 1.54) is 17.4 Å². The second-order valence-electron chi connectivity index (χ2n) is 6.12. The van der Waals surface area contributed by atoms with E-state index in [-0.39, 0.29) is 17.0 Å². The van der Waals surface area contributed by atoms with E-state index in [9.17, 15) is 9.59 Å². The predicted molar refractivity (Wildman–Crippen MR) is 80.6 cm³/mol. The standard InChI is InChI=1S/C16H18N4O2/c1-18-6-2-3-13(15(18)21)16(22)19-7-8-20-12(10-19)9-14(17-20)11-4-5-11/h2-3,6,9,11H,4-5,7-8,10H2,1H3. The Morgan fingerprint density at radius 2 is 2.14 bits per heavy atom. The molecule has 1 amide bonds. The van der Waals surface area contributed by atoms with Gasteiger partial charge in [0.2, 0.25) is 0 Å². The largest absolute Gasteiger partial charge is 0.331 e. The molecule has 0 bridgehead atoms. The third-order valence-electron chi connectivity index (χ3n) is 4.45. The lowest BCUT2D eigenvalue weighted by Gasteiger charge is -2.27. The van der Waals surface area contributed by atoms with E-state index >= 15 is 0 Å². The van der Waals surface area contributed by atoms with Crippen molar-refractivity contribution >= 4 is 5.91 Å². The first kappa shape index (κ1) is 13.3. The highest BCUT2D eigenvalue weighted by atomic mass is 16.2. The van der Waals surface area contributed by atoms with E-state index in [1.54, 1.807) is 30.3 Å². The molecule has 0 unspecified atom stereocenters. The maximum atomic E-state index is 12.6. The molecule has 6 heteroatoms. The molecule has 0 radical (unpaired) electrons. The third kappa shape index (κ3) is 2.15. The molecule has 4 rings (SSSR count). The maximum absolute atomic E-state index is 12.6. The Morgan fingerprint density at radius 3 is 2.91 bits per heavy atom. The smallest absolute Gasteiger partial charge is 0.263 e. The number of pyridine rings is 1. The number of nitrogens with zero attached hydrogens (tertiary/aromatic N) is 4. The molecule has 0 spiro atoms. The average molecular weight is 298 g/mol. The van der Waals surface area contributed by atoms with Crippen molar-refractivity contribution in [2.45, 2.75) is 31.8 Å². The molecule has 1 aliphatic carbocycles. The van der Waals surface area contributed by atoms with Gasteiger partial charge < -0.3 is 9.47 Å². The summed E-state index contributed by atoms with van der Waals surface area (Å²) in [7, 11) is 1.66. The quantitative estimate of drug-likeness (QED) is 0.834. The van der Waals surface area contributed by atoms with E-state index in [1.807, 2.05) is 4.68 Å². The summed E-state index contributed by atoms with van der Waals surface area (Å²) >= 11 is 0. The van der Waals surface area contributed by atoms with Crippen molar-refractivity contribution in [1.29, 1.82) is 0 Å². The van der Waals surface area contributed by atoms with E-state index in [0.717, 1.165) is 11.4 Å². The number of rotatable bonds is 2. The summed E-state index contributed by atoms with van der Waals surface area (Å²) in [5.74, 6) is 0.422. The molecule has 0 atom stereocenters. The van der Waals surface area contributed by atoms with Crippen LogP contribution in [0.1, 0.15) is 40.5 Å². The fraction of sp³-hybridized carbons (Fsp3) is 0.438. The van der Waals surface area contributed by atoms with Gasteiger partial charge in [0.1, 0.15) is 5.56 Å². The molecule has 2 aromatic heterocycles. The Kier molecular flexibility index (Phi) is 2.92. The fourth-order valence-corrected chi connectivity index (χ4v) is 2.97. The summed E-state index contributed by atoms with van der Waals surface area (Å²) in [6.07, 6.45) is 4.10. The van der Waals surface area contributed by atoms with Gasteiger partial charge in [0.05, 0.1) is 24.5 Å². The lowest BCUT2D eigenvalue weighted by Crippen LogP contribution is -2.41. The minimum absolute atomic E-state index is 0.193. The van der Waals surface area contributed by atoms with Crippen LogP contribution in [0.5, 0.6) is 0 Å². The van der Waals surface area contributed by atoms with Gasteiger partial charge in [-0.25, -0.2) is 0 Å². The van der Waals surface area contributed by atoms with Crippen molar-refractivity contribution in [3.8, 4) is 0 Å². The first-order valence-corrected chi connectivity index (χ1v) is 7.65. The molecule has 0 saturated heterocycles. The minimum atomic E-state index is -0.245. The van der Waals surface area contributed by atoms with Crippen LogP contribution < -0.4 is 5.56 Å². The number of aromatic nitrogens is 3. The van der Waals surface area contributed by atoms with Crippen molar-refractivity contribution in [3.63, 3.8) is 0 Å². The lowest BCUT2D eigenvalue weighted by molar-refractivity contribution is 0.0703. The number of aryl methyl sites for hydroxylation is 1. The van der Waals surface area contributed by atoms with Crippen LogP contribution in [0.25, 0.3) is 0 Å². The maximum Gasteiger partial charge on any atom is 0.263 e.